The molecule has 0 saturated heterocycles. The standard InChI is InChI=1S/C22H27N3O5S/c1-16-8-7-11-20(17(16)2)30-18(3)22(27)25-24-21(26)12-14-23-31(28,29)15-13-19-9-5-4-6-10-19/h4-11,13,15,18,23H,12,14H2,1-3H3,(H,24,26)(H,25,27)/b15-13+/t18-/m0/s1. The van der Waals surface area contributed by atoms with Crippen LogP contribution in [0.15, 0.2) is 53.9 Å². The van der Waals surface area contributed by atoms with E-state index in [-0.39, 0.29) is 13.0 Å². The average Bonchev–Trinajstić information content (AvgIpc) is 2.74. The molecule has 9 heteroatoms. The Labute approximate surface area is 182 Å². The van der Waals surface area contributed by atoms with Gasteiger partial charge in [0.1, 0.15) is 5.75 Å². The quantitative estimate of drug-likeness (QED) is 0.512. The van der Waals surface area contributed by atoms with Gasteiger partial charge in [0, 0.05) is 18.4 Å². The monoisotopic (exact) mass is 445 g/mol. The lowest BCUT2D eigenvalue weighted by Gasteiger charge is -2.17. The van der Waals surface area contributed by atoms with Crippen molar-refractivity contribution < 1.29 is 22.7 Å². The first-order valence-corrected chi connectivity index (χ1v) is 11.3. The summed E-state index contributed by atoms with van der Waals surface area (Å²) in [7, 11) is -3.68. The molecule has 0 fully saturated rings. The Kier molecular flexibility index (Phi) is 8.77. The molecule has 0 saturated carbocycles. The van der Waals surface area contributed by atoms with Crippen LogP contribution in [0.1, 0.15) is 30.0 Å². The molecule has 166 valence electrons. The molecule has 0 spiro atoms. The minimum Gasteiger partial charge on any atom is -0.481 e. The Bertz CT molecular complexity index is 1040. The first-order valence-electron chi connectivity index (χ1n) is 9.72. The number of nitrogens with one attached hydrogen (secondary N) is 3. The lowest BCUT2D eigenvalue weighted by molar-refractivity contribution is -0.132. The third kappa shape index (κ3) is 8.23. The van der Waals surface area contributed by atoms with E-state index in [0.717, 1.165) is 22.1 Å². The van der Waals surface area contributed by atoms with Gasteiger partial charge in [-0.25, -0.2) is 13.1 Å². The highest BCUT2D eigenvalue weighted by molar-refractivity contribution is 7.92. The number of ether oxygens (including phenoxy) is 1. The predicted octanol–water partition coefficient (Wildman–Crippen LogP) is 2.20. The molecule has 2 aromatic rings. The van der Waals surface area contributed by atoms with Crippen LogP contribution in [0.5, 0.6) is 5.75 Å². The number of carbonyl (C=O) groups is 2. The first kappa shape index (κ1) is 24.1. The second-order valence-electron chi connectivity index (χ2n) is 6.90. The number of carbonyl (C=O) groups excluding carboxylic acids is 2. The van der Waals surface area contributed by atoms with Gasteiger partial charge in [0.05, 0.1) is 0 Å². The molecule has 0 radical (unpaired) electrons. The molecular weight excluding hydrogens is 418 g/mol. The van der Waals surface area contributed by atoms with E-state index < -0.39 is 27.9 Å². The number of benzene rings is 2. The first-order chi connectivity index (χ1) is 14.7. The van der Waals surface area contributed by atoms with Crippen molar-refractivity contribution in [3.05, 3.63) is 70.6 Å². The summed E-state index contributed by atoms with van der Waals surface area (Å²) in [6.07, 6.45) is 0.479. The van der Waals surface area contributed by atoms with Crippen molar-refractivity contribution >= 4 is 27.9 Å². The summed E-state index contributed by atoms with van der Waals surface area (Å²) < 4.78 is 31.8. The van der Waals surface area contributed by atoms with Crippen LogP contribution in [-0.4, -0.2) is 32.9 Å². The Morgan fingerprint density at radius 2 is 1.74 bits per heavy atom. The molecule has 2 amide bonds. The molecule has 0 aliphatic heterocycles. The van der Waals surface area contributed by atoms with Crippen molar-refractivity contribution in [3.8, 4) is 5.75 Å². The van der Waals surface area contributed by atoms with Crippen molar-refractivity contribution in [2.24, 2.45) is 0 Å². The SMILES string of the molecule is Cc1cccc(O[C@@H](C)C(=O)NNC(=O)CCNS(=O)(=O)/C=C/c2ccccc2)c1C. The van der Waals surface area contributed by atoms with Gasteiger partial charge in [-0.1, -0.05) is 42.5 Å². The van der Waals surface area contributed by atoms with Gasteiger partial charge in [-0.3, -0.25) is 20.4 Å². The number of sulfonamides is 1. The fourth-order valence-electron chi connectivity index (χ4n) is 2.48. The molecular formula is C22H27N3O5S. The highest BCUT2D eigenvalue weighted by Crippen LogP contribution is 2.21. The predicted molar refractivity (Wildman–Crippen MR) is 119 cm³/mol. The topological polar surface area (TPSA) is 114 Å². The van der Waals surface area contributed by atoms with Crippen molar-refractivity contribution in [1.29, 1.82) is 0 Å². The molecule has 0 bridgehead atoms. The Hall–Kier alpha value is -3.17. The minimum absolute atomic E-state index is 0.113. The Balaban J connectivity index is 1.73. The molecule has 0 aliphatic rings. The molecule has 0 aliphatic carbocycles. The van der Waals surface area contributed by atoms with Gasteiger partial charge in [0.15, 0.2) is 6.10 Å². The number of hydrazine groups is 1. The fourth-order valence-corrected chi connectivity index (χ4v) is 3.30. The maximum atomic E-state index is 12.1. The summed E-state index contributed by atoms with van der Waals surface area (Å²) in [5.41, 5.74) is 7.24. The smallest absolute Gasteiger partial charge is 0.279 e. The minimum atomic E-state index is -3.68. The zero-order valence-corrected chi connectivity index (χ0v) is 18.5. The van der Waals surface area contributed by atoms with Crippen LogP contribution in [0.2, 0.25) is 0 Å². The van der Waals surface area contributed by atoms with Gasteiger partial charge in [0.25, 0.3) is 5.91 Å². The molecule has 1 atom stereocenters. The summed E-state index contributed by atoms with van der Waals surface area (Å²) >= 11 is 0. The second kappa shape index (κ2) is 11.3. The van der Waals surface area contributed by atoms with E-state index in [9.17, 15) is 18.0 Å². The largest absolute Gasteiger partial charge is 0.481 e. The highest BCUT2D eigenvalue weighted by atomic mass is 32.2. The summed E-state index contributed by atoms with van der Waals surface area (Å²) in [4.78, 5) is 24.0. The van der Waals surface area contributed by atoms with E-state index in [1.165, 1.54) is 6.08 Å². The molecule has 2 rings (SSSR count). The lowest BCUT2D eigenvalue weighted by atomic mass is 10.1. The van der Waals surface area contributed by atoms with E-state index in [2.05, 4.69) is 15.6 Å². The normalized spacial score (nSPS) is 12.4. The van der Waals surface area contributed by atoms with Crippen molar-refractivity contribution in [1.82, 2.24) is 15.6 Å². The second-order valence-corrected chi connectivity index (χ2v) is 8.55. The van der Waals surface area contributed by atoms with E-state index in [0.29, 0.717) is 5.75 Å². The molecule has 0 aromatic heterocycles. The zero-order valence-electron chi connectivity index (χ0n) is 17.7. The highest BCUT2D eigenvalue weighted by Gasteiger charge is 2.17. The van der Waals surface area contributed by atoms with Gasteiger partial charge in [-0.15, -0.1) is 0 Å². The fraction of sp³-hybridized carbons (Fsp3) is 0.273. The molecule has 0 unspecified atom stereocenters. The zero-order chi connectivity index (χ0) is 22.9. The Morgan fingerprint density at radius 1 is 1.03 bits per heavy atom. The molecule has 2 aromatic carbocycles. The van der Waals surface area contributed by atoms with Crippen LogP contribution in [0.3, 0.4) is 0 Å². The summed E-state index contributed by atoms with van der Waals surface area (Å²) in [5.74, 6) is -0.477. The summed E-state index contributed by atoms with van der Waals surface area (Å²) in [6, 6.07) is 14.5. The van der Waals surface area contributed by atoms with Gasteiger partial charge in [0.2, 0.25) is 15.9 Å². The Morgan fingerprint density at radius 3 is 2.45 bits per heavy atom. The molecule has 31 heavy (non-hydrogen) atoms. The van der Waals surface area contributed by atoms with Crippen LogP contribution in [0.25, 0.3) is 6.08 Å². The van der Waals surface area contributed by atoms with Gasteiger partial charge in [-0.2, -0.15) is 0 Å². The van der Waals surface area contributed by atoms with Gasteiger partial charge < -0.3 is 4.74 Å². The van der Waals surface area contributed by atoms with Gasteiger partial charge >= 0.3 is 0 Å². The van der Waals surface area contributed by atoms with Crippen molar-refractivity contribution in [2.45, 2.75) is 33.3 Å². The van der Waals surface area contributed by atoms with Crippen LogP contribution in [0.4, 0.5) is 0 Å². The maximum Gasteiger partial charge on any atom is 0.279 e. The molecule has 3 N–H and O–H groups in total. The number of hydrogen-bond acceptors (Lipinski definition) is 5. The van der Waals surface area contributed by atoms with Crippen LogP contribution < -0.4 is 20.3 Å². The number of aryl methyl sites for hydroxylation is 1. The van der Waals surface area contributed by atoms with Crippen LogP contribution in [-0.2, 0) is 19.6 Å². The van der Waals surface area contributed by atoms with Crippen molar-refractivity contribution in [3.63, 3.8) is 0 Å². The van der Waals surface area contributed by atoms with Crippen LogP contribution >= 0.6 is 0 Å². The third-order valence-corrected chi connectivity index (χ3v) is 5.55. The van der Waals surface area contributed by atoms with E-state index in [1.54, 1.807) is 37.3 Å². The number of amides is 2. The molecule has 8 nitrogen and oxygen atoms in total. The number of hydrogen-bond donors (Lipinski definition) is 3. The van der Waals surface area contributed by atoms with Crippen LogP contribution in [0, 0.1) is 13.8 Å². The summed E-state index contributed by atoms with van der Waals surface area (Å²) in [6.45, 7) is 5.29. The summed E-state index contributed by atoms with van der Waals surface area (Å²) in [5, 5.41) is 1.04. The lowest BCUT2D eigenvalue weighted by Crippen LogP contribution is -2.47. The average molecular weight is 446 g/mol. The van der Waals surface area contributed by atoms with Gasteiger partial charge in [-0.05, 0) is 49.6 Å². The van der Waals surface area contributed by atoms with Crippen molar-refractivity contribution in [2.75, 3.05) is 6.54 Å². The van der Waals surface area contributed by atoms with E-state index in [4.69, 9.17) is 4.74 Å². The molecule has 0 heterocycles. The third-order valence-electron chi connectivity index (χ3n) is 4.45. The maximum absolute atomic E-state index is 12.1. The number of rotatable bonds is 9. The van der Waals surface area contributed by atoms with E-state index >= 15 is 0 Å². The van der Waals surface area contributed by atoms with E-state index in [1.807, 2.05) is 32.0 Å².